The highest BCUT2D eigenvalue weighted by Crippen LogP contribution is 2.36. The van der Waals surface area contributed by atoms with Gasteiger partial charge >= 0.3 is 5.97 Å². The van der Waals surface area contributed by atoms with E-state index in [1.54, 1.807) is 0 Å². The molecule has 0 amide bonds. The molecule has 2 aromatic carbocycles. The first kappa shape index (κ1) is 23.8. The van der Waals surface area contributed by atoms with Crippen molar-refractivity contribution in [3.63, 3.8) is 0 Å². The molecular formula is C24H32N2O3S. The second-order valence-corrected chi connectivity index (χ2v) is 8.58. The van der Waals surface area contributed by atoms with Crippen LogP contribution < -0.4 is 10.6 Å². The lowest BCUT2D eigenvalue weighted by Crippen LogP contribution is -2.19. The summed E-state index contributed by atoms with van der Waals surface area (Å²) in [6, 6.07) is 16.0. The average Bonchev–Trinajstić information content (AvgIpc) is 2.74. The molecule has 0 bridgehead atoms. The van der Waals surface area contributed by atoms with Gasteiger partial charge in [-0.3, -0.25) is 4.79 Å². The molecule has 0 aliphatic heterocycles. The maximum absolute atomic E-state index is 10.6. The summed E-state index contributed by atoms with van der Waals surface area (Å²) >= 11 is 0.757. The smallest absolute Gasteiger partial charge is 0.303 e. The maximum atomic E-state index is 10.6. The van der Waals surface area contributed by atoms with Gasteiger partial charge in [0, 0.05) is 41.3 Å². The van der Waals surface area contributed by atoms with Crippen molar-refractivity contribution in [2.24, 2.45) is 0 Å². The fraction of sp³-hybridized carbons (Fsp3) is 0.375. The summed E-state index contributed by atoms with van der Waals surface area (Å²) in [5.74, 6) is -0.737. The molecule has 0 unspecified atom stereocenters. The molecule has 0 aliphatic carbocycles. The van der Waals surface area contributed by atoms with E-state index in [-0.39, 0.29) is 11.8 Å². The van der Waals surface area contributed by atoms with E-state index >= 15 is 0 Å². The van der Waals surface area contributed by atoms with Gasteiger partial charge in [-0.25, -0.2) is 0 Å². The lowest BCUT2D eigenvalue weighted by atomic mass is 9.80. The number of aliphatic carboxylic acids is 1. The van der Waals surface area contributed by atoms with Gasteiger partial charge in [-0.2, -0.15) is 0 Å². The van der Waals surface area contributed by atoms with E-state index in [1.807, 2.05) is 54.7 Å². The van der Waals surface area contributed by atoms with Crippen LogP contribution in [0.25, 0.3) is 0 Å². The van der Waals surface area contributed by atoms with E-state index in [0.717, 1.165) is 59.7 Å². The first-order valence-electron chi connectivity index (χ1n) is 10.3. The molecule has 0 aliphatic rings. The Labute approximate surface area is 183 Å². The Morgan fingerprint density at radius 2 is 1.87 bits per heavy atom. The average molecular weight is 429 g/mol. The van der Waals surface area contributed by atoms with Crippen molar-refractivity contribution in [2.45, 2.75) is 56.3 Å². The number of hydrogen-bond acceptors (Lipinski definition) is 5. The zero-order chi connectivity index (χ0) is 21.8. The van der Waals surface area contributed by atoms with E-state index < -0.39 is 5.97 Å². The van der Waals surface area contributed by atoms with Crippen molar-refractivity contribution in [1.82, 2.24) is 0 Å². The molecule has 30 heavy (non-hydrogen) atoms. The fourth-order valence-electron chi connectivity index (χ4n) is 3.25. The minimum atomic E-state index is -0.737. The van der Waals surface area contributed by atoms with Crippen molar-refractivity contribution in [3.05, 3.63) is 66.4 Å². The Kier molecular flexibility index (Phi) is 9.77. The predicted octanol–water partition coefficient (Wildman–Crippen LogP) is 6.60. The number of anilines is 2. The van der Waals surface area contributed by atoms with Gasteiger partial charge in [0.1, 0.15) is 0 Å². The Hall–Kier alpha value is -2.44. The predicted molar refractivity (Wildman–Crippen MR) is 126 cm³/mol. The van der Waals surface area contributed by atoms with Crippen LogP contribution in [-0.4, -0.2) is 22.2 Å². The lowest BCUT2D eigenvalue weighted by Gasteiger charge is -2.27. The van der Waals surface area contributed by atoms with Crippen LogP contribution in [0.15, 0.2) is 65.7 Å². The summed E-state index contributed by atoms with van der Waals surface area (Å²) in [4.78, 5) is 11.4. The summed E-state index contributed by atoms with van der Waals surface area (Å²) < 4.78 is 9.50. The molecule has 0 saturated heterocycles. The summed E-state index contributed by atoms with van der Waals surface area (Å²) in [5.41, 5.74) is 3.12. The molecule has 0 heterocycles. The van der Waals surface area contributed by atoms with Crippen molar-refractivity contribution in [3.8, 4) is 0 Å². The van der Waals surface area contributed by atoms with Gasteiger partial charge < -0.3 is 20.3 Å². The highest BCUT2D eigenvalue weighted by molar-refractivity contribution is 7.93. The van der Waals surface area contributed by atoms with Gasteiger partial charge in [-0.05, 0) is 66.8 Å². The first-order valence-corrected chi connectivity index (χ1v) is 11.1. The molecule has 6 heteroatoms. The molecule has 2 aromatic rings. The zero-order valence-electron chi connectivity index (χ0n) is 17.7. The number of carboxylic acid groups (broad SMARTS) is 1. The summed E-state index contributed by atoms with van der Waals surface area (Å²) in [5, 5.41) is 15.5. The van der Waals surface area contributed by atoms with Crippen LogP contribution in [0, 0.1) is 0 Å². The highest BCUT2D eigenvalue weighted by atomic mass is 32.2. The standard InChI is InChI=1S/C24H32N2O3S/c1-24(2,15-9-17-25-19-10-5-3-6-11-19)21-18-20(30-29)13-14-22(21)26-16-8-4-7-12-23(27)28/h3,5-6,9-11,13-14,17-18,25-26,29H,4,7-8,12,15-16H2,1-2H3,(H,27,28)/b17-9+. The molecule has 0 aromatic heterocycles. The van der Waals surface area contributed by atoms with Gasteiger partial charge in [-0.15, -0.1) is 0 Å². The summed E-state index contributed by atoms with van der Waals surface area (Å²) in [6.07, 6.45) is 7.66. The molecule has 0 spiro atoms. The summed E-state index contributed by atoms with van der Waals surface area (Å²) in [7, 11) is 0. The number of benzene rings is 2. The monoisotopic (exact) mass is 428 g/mol. The minimum Gasteiger partial charge on any atom is -0.481 e. The van der Waals surface area contributed by atoms with Crippen molar-refractivity contribution < 1.29 is 14.5 Å². The maximum Gasteiger partial charge on any atom is 0.303 e. The molecule has 5 nitrogen and oxygen atoms in total. The molecule has 2 rings (SSSR count). The fourth-order valence-corrected chi connectivity index (χ4v) is 3.55. The Morgan fingerprint density at radius 3 is 2.57 bits per heavy atom. The largest absolute Gasteiger partial charge is 0.481 e. The second-order valence-electron chi connectivity index (χ2n) is 7.93. The Bertz CT molecular complexity index is 822. The van der Waals surface area contributed by atoms with E-state index in [1.165, 1.54) is 0 Å². The van der Waals surface area contributed by atoms with E-state index in [2.05, 4.69) is 30.6 Å². The van der Waals surface area contributed by atoms with E-state index in [4.69, 9.17) is 5.11 Å². The normalized spacial score (nSPS) is 11.6. The van der Waals surface area contributed by atoms with E-state index in [9.17, 15) is 9.35 Å². The van der Waals surface area contributed by atoms with Crippen molar-refractivity contribution in [2.75, 3.05) is 17.2 Å². The minimum absolute atomic E-state index is 0.133. The molecule has 4 N–H and O–H groups in total. The number of unbranched alkanes of at least 4 members (excludes halogenated alkanes) is 2. The molecule has 162 valence electrons. The van der Waals surface area contributed by atoms with Crippen molar-refractivity contribution in [1.29, 1.82) is 0 Å². The van der Waals surface area contributed by atoms with Gasteiger partial charge in [-0.1, -0.05) is 44.5 Å². The van der Waals surface area contributed by atoms with Gasteiger partial charge in [0.2, 0.25) is 0 Å². The number of rotatable bonds is 13. The zero-order valence-corrected chi connectivity index (χ0v) is 18.5. The number of allylic oxidation sites excluding steroid dienone is 1. The van der Waals surface area contributed by atoms with Crippen LogP contribution >= 0.6 is 12.0 Å². The molecule has 0 radical (unpaired) electrons. The van der Waals surface area contributed by atoms with Crippen LogP contribution in [0.4, 0.5) is 11.4 Å². The van der Waals surface area contributed by atoms with Crippen LogP contribution in [0.2, 0.25) is 0 Å². The Balaban J connectivity index is 1.98. The van der Waals surface area contributed by atoms with Crippen LogP contribution in [-0.2, 0) is 10.2 Å². The molecule has 0 atom stereocenters. The second kappa shape index (κ2) is 12.3. The third kappa shape index (κ3) is 8.13. The molecule has 0 fully saturated rings. The number of hydrogen-bond donors (Lipinski definition) is 4. The van der Waals surface area contributed by atoms with Crippen LogP contribution in [0.1, 0.15) is 51.5 Å². The third-order valence-electron chi connectivity index (χ3n) is 4.98. The topological polar surface area (TPSA) is 81.6 Å². The van der Waals surface area contributed by atoms with Gasteiger partial charge in [0.15, 0.2) is 0 Å². The van der Waals surface area contributed by atoms with Gasteiger partial charge in [0.05, 0.1) is 0 Å². The quantitative estimate of drug-likeness (QED) is 0.212. The number of para-hydroxylation sites is 1. The summed E-state index contributed by atoms with van der Waals surface area (Å²) in [6.45, 7) is 5.18. The third-order valence-corrected chi connectivity index (χ3v) is 5.44. The van der Waals surface area contributed by atoms with Crippen LogP contribution in [0.5, 0.6) is 0 Å². The number of carbonyl (C=O) groups is 1. The number of carboxylic acids is 1. The van der Waals surface area contributed by atoms with E-state index in [0.29, 0.717) is 6.42 Å². The first-order chi connectivity index (χ1) is 14.4. The highest BCUT2D eigenvalue weighted by Gasteiger charge is 2.23. The molecular weight excluding hydrogens is 396 g/mol. The molecule has 0 saturated carbocycles. The Morgan fingerprint density at radius 1 is 1.10 bits per heavy atom. The SMILES string of the molecule is CC(C)(C/C=C/Nc1ccccc1)c1cc(SO)ccc1NCCCCCC(=O)O. The lowest BCUT2D eigenvalue weighted by molar-refractivity contribution is -0.137. The number of nitrogens with one attached hydrogen (secondary N) is 2. The van der Waals surface area contributed by atoms with Gasteiger partial charge in [0.25, 0.3) is 0 Å². The van der Waals surface area contributed by atoms with Crippen molar-refractivity contribution >= 4 is 29.4 Å². The van der Waals surface area contributed by atoms with Crippen LogP contribution in [0.3, 0.4) is 0 Å².